The van der Waals surface area contributed by atoms with Crippen molar-refractivity contribution in [1.29, 1.82) is 0 Å². The highest BCUT2D eigenvalue weighted by Gasteiger charge is 2.20. The van der Waals surface area contributed by atoms with Gasteiger partial charge in [-0.3, -0.25) is 4.79 Å². The molecule has 0 atom stereocenters. The predicted molar refractivity (Wildman–Crippen MR) is 107 cm³/mol. The van der Waals surface area contributed by atoms with Crippen LogP contribution in [0.25, 0.3) is 22.7 Å². The molecule has 4 heterocycles. The molecule has 0 radical (unpaired) electrons. The molecule has 0 aliphatic carbocycles. The number of nitrogens with zero attached hydrogens (tertiary/aromatic N) is 6. The number of hydrogen-bond donors (Lipinski definition) is 1. The number of carbonyl (C=O) groups excluding carboxylic acids is 1. The second-order valence-corrected chi connectivity index (χ2v) is 6.75. The van der Waals surface area contributed by atoms with Gasteiger partial charge in [-0.15, -0.1) is 0 Å². The highest BCUT2D eigenvalue weighted by molar-refractivity contribution is 5.92. The number of hydrogen-bond acceptors (Lipinski definition) is 6. The Kier molecular flexibility index (Phi) is 4.21. The van der Waals surface area contributed by atoms with Crippen LogP contribution < -0.4 is 10.6 Å². The Morgan fingerprint density at radius 1 is 1.03 bits per heavy atom. The van der Waals surface area contributed by atoms with Crippen LogP contribution in [-0.2, 0) is 4.74 Å². The molecule has 146 valence electrons. The quantitative estimate of drug-likeness (QED) is 0.568. The van der Waals surface area contributed by atoms with Gasteiger partial charge in [-0.25, -0.2) is 9.67 Å². The van der Waals surface area contributed by atoms with Crippen molar-refractivity contribution in [3.63, 3.8) is 0 Å². The third-order valence-electron chi connectivity index (χ3n) is 4.88. The number of nitrogens with two attached hydrogens (primary N) is 1. The van der Waals surface area contributed by atoms with Gasteiger partial charge in [0, 0.05) is 37.0 Å². The first kappa shape index (κ1) is 17.4. The van der Waals surface area contributed by atoms with Gasteiger partial charge in [-0.1, -0.05) is 30.3 Å². The van der Waals surface area contributed by atoms with Gasteiger partial charge in [0.25, 0.3) is 5.91 Å². The molecule has 1 saturated heterocycles. The molecule has 1 amide bonds. The van der Waals surface area contributed by atoms with Crippen molar-refractivity contribution in [2.24, 2.45) is 5.73 Å². The van der Waals surface area contributed by atoms with E-state index in [1.54, 1.807) is 15.3 Å². The number of ether oxygens (including phenoxy) is 1. The molecule has 9 nitrogen and oxygen atoms in total. The fourth-order valence-electron chi connectivity index (χ4n) is 3.42. The minimum atomic E-state index is -0.588. The summed E-state index contributed by atoms with van der Waals surface area (Å²) >= 11 is 0. The lowest BCUT2D eigenvalue weighted by Gasteiger charge is -2.29. The van der Waals surface area contributed by atoms with Crippen LogP contribution in [0.5, 0.6) is 0 Å². The van der Waals surface area contributed by atoms with Gasteiger partial charge in [-0.2, -0.15) is 14.7 Å². The number of rotatable bonds is 4. The number of aromatic nitrogens is 5. The number of anilines is 1. The molecule has 0 spiro atoms. The summed E-state index contributed by atoms with van der Waals surface area (Å²) in [5.41, 5.74) is 8.02. The maximum absolute atomic E-state index is 11.6. The van der Waals surface area contributed by atoms with E-state index in [9.17, 15) is 4.79 Å². The zero-order valence-corrected chi connectivity index (χ0v) is 15.6. The fraction of sp³-hybridized carbons (Fsp3) is 0.200. The van der Waals surface area contributed by atoms with Crippen molar-refractivity contribution < 1.29 is 9.53 Å². The number of amides is 1. The summed E-state index contributed by atoms with van der Waals surface area (Å²) in [6.07, 6.45) is 1.87. The summed E-state index contributed by atoms with van der Waals surface area (Å²) in [6.45, 7) is 2.70. The van der Waals surface area contributed by atoms with Crippen molar-refractivity contribution in [2.45, 2.75) is 0 Å². The van der Waals surface area contributed by atoms with Gasteiger partial charge in [-0.05, 0) is 6.07 Å². The highest BCUT2D eigenvalue weighted by Crippen LogP contribution is 2.23. The summed E-state index contributed by atoms with van der Waals surface area (Å²) < 4.78 is 8.84. The maximum atomic E-state index is 11.6. The summed E-state index contributed by atoms with van der Waals surface area (Å²) in [4.78, 5) is 18.4. The molecule has 9 heteroatoms. The second kappa shape index (κ2) is 7.02. The lowest BCUT2D eigenvalue weighted by Crippen LogP contribution is -2.37. The smallest absolute Gasteiger partial charge is 0.269 e. The minimum absolute atomic E-state index is 0.176. The first-order valence-corrected chi connectivity index (χ1v) is 9.34. The van der Waals surface area contributed by atoms with Gasteiger partial charge in [0.15, 0.2) is 17.2 Å². The van der Waals surface area contributed by atoms with Gasteiger partial charge >= 0.3 is 0 Å². The fourth-order valence-corrected chi connectivity index (χ4v) is 3.42. The van der Waals surface area contributed by atoms with Gasteiger partial charge in [0.05, 0.1) is 18.9 Å². The Bertz CT molecular complexity index is 1180. The van der Waals surface area contributed by atoms with E-state index in [2.05, 4.69) is 20.1 Å². The van der Waals surface area contributed by atoms with Crippen LogP contribution in [0.4, 0.5) is 5.82 Å². The summed E-state index contributed by atoms with van der Waals surface area (Å²) in [5, 5.41) is 9.02. The van der Waals surface area contributed by atoms with Gasteiger partial charge < -0.3 is 15.4 Å². The molecule has 0 unspecified atom stereocenters. The van der Waals surface area contributed by atoms with Crippen LogP contribution >= 0.6 is 0 Å². The van der Waals surface area contributed by atoms with Gasteiger partial charge in [0.2, 0.25) is 0 Å². The van der Waals surface area contributed by atoms with Crippen molar-refractivity contribution in [1.82, 2.24) is 24.4 Å². The minimum Gasteiger partial charge on any atom is -0.378 e. The van der Waals surface area contributed by atoms with Crippen LogP contribution in [-0.4, -0.2) is 56.6 Å². The molecule has 1 aromatic carbocycles. The van der Waals surface area contributed by atoms with Crippen LogP contribution in [0.2, 0.25) is 0 Å². The van der Waals surface area contributed by atoms with E-state index in [1.165, 1.54) is 0 Å². The monoisotopic (exact) mass is 389 g/mol. The van der Waals surface area contributed by atoms with Crippen LogP contribution in [0, 0.1) is 0 Å². The normalized spacial score (nSPS) is 14.4. The van der Waals surface area contributed by atoms with E-state index in [-0.39, 0.29) is 5.69 Å². The SMILES string of the molecule is NC(=O)c1cc2nc(-n3ccc(-c4ccccc4)n3)cc(N3CCOCC3)n2n1. The molecule has 1 aliphatic rings. The lowest BCUT2D eigenvalue weighted by atomic mass is 10.2. The largest absolute Gasteiger partial charge is 0.378 e. The number of fused-ring (bicyclic) bond motifs is 1. The molecule has 0 bridgehead atoms. The Morgan fingerprint density at radius 2 is 1.83 bits per heavy atom. The predicted octanol–water partition coefficient (Wildman–Crippen LogP) is 1.52. The van der Waals surface area contributed by atoms with Crippen LogP contribution in [0.3, 0.4) is 0 Å². The van der Waals surface area contributed by atoms with Crippen LogP contribution in [0.1, 0.15) is 10.5 Å². The Morgan fingerprint density at radius 3 is 2.59 bits per heavy atom. The van der Waals surface area contributed by atoms with Crippen molar-refractivity contribution in [2.75, 3.05) is 31.2 Å². The van der Waals surface area contributed by atoms with Crippen molar-refractivity contribution >= 4 is 17.4 Å². The zero-order chi connectivity index (χ0) is 19.8. The van der Waals surface area contributed by atoms with Crippen molar-refractivity contribution in [3.05, 3.63) is 60.4 Å². The number of carbonyl (C=O) groups is 1. The molecular weight excluding hydrogens is 370 g/mol. The van der Waals surface area contributed by atoms with E-state index in [0.717, 1.165) is 30.2 Å². The standard InChI is InChI=1S/C20H19N7O2/c21-20(28)16-12-18-22-17(13-19(27(18)24-16)25-8-10-29-11-9-25)26-7-6-15(23-26)14-4-2-1-3-5-14/h1-7,12-13H,8-11H2,(H2,21,28). The Balaban J connectivity index is 1.62. The van der Waals surface area contributed by atoms with Gasteiger partial charge in [0.1, 0.15) is 5.82 Å². The van der Waals surface area contributed by atoms with E-state index >= 15 is 0 Å². The summed E-state index contributed by atoms with van der Waals surface area (Å²) in [6, 6.07) is 15.4. The van der Waals surface area contributed by atoms with E-state index in [1.807, 2.05) is 48.7 Å². The molecule has 4 aromatic rings. The number of morpholine rings is 1. The zero-order valence-electron chi connectivity index (χ0n) is 15.6. The van der Waals surface area contributed by atoms with Crippen LogP contribution in [0.15, 0.2) is 54.7 Å². The van der Waals surface area contributed by atoms with Crippen molar-refractivity contribution in [3.8, 4) is 17.1 Å². The third kappa shape index (κ3) is 3.21. The second-order valence-electron chi connectivity index (χ2n) is 6.75. The molecule has 3 aromatic heterocycles. The first-order valence-electron chi connectivity index (χ1n) is 9.34. The third-order valence-corrected chi connectivity index (χ3v) is 4.88. The average molecular weight is 389 g/mol. The first-order chi connectivity index (χ1) is 14.2. The average Bonchev–Trinajstić information content (AvgIpc) is 3.42. The Labute approximate surface area is 166 Å². The molecule has 1 fully saturated rings. The summed E-state index contributed by atoms with van der Waals surface area (Å²) in [7, 11) is 0. The number of primary amides is 1. The summed E-state index contributed by atoms with van der Waals surface area (Å²) in [5.74, 6) is 0.866. The van der Waals surface area contributed by atoms with E-state index < -0.39 is 5.91 Å². The lowest BCUT2D eigenvalue weighted by molar-refractivity contribution is 0.0995. The molecule has 2 N–H and O–H groups in total. The molecule has 1 aliphatic heterocycles. The molecule has 0 saturated carbocycles. The highest BCUT2D eigenvalue weighted by atomic mass is 16.5. The molecule has 5 rings (SSSR count). The Hall–Kier alpha value is -3.72. The van der Waals surface area contributed by atoms with E-state index in [4.69, 9.17) is 10.5 Å². The maximum Gasteiger partial charge on any atom is 0.269 e. The number of benzene rings is 1. The topological polar surface area (TPSA) is 104 Å². The molecule has 29 heavy (non-hydrogen) atoms. The molecular formula is C20H19N7O2. The van der Waals surface area contributed by atoms with E-state index in [0.29, 0.717) is 24.7 Å².